The summed E-state index contributed by atoms with van der Waals surface area (Å²) in [7, 11) is 0. The van der Waals surface area contributed by atoms with Gasteiger partial charge in [0.15, 0.2) is 5.82 Å². The summed E-state index contributed by atoms with van der Waals surface area (Å²) >= 11 is 5.99. The predicted molar refractivity (Wildman–Crippen MR) is 121 cm³/mol. The molecule has 3 N–H and O–H groups in total. The lowest BCUT2D eigenvalue weighted by atomic mass is 10.2. The van der Waals surface area contributed by atoms with Gasteiger partial charge < -0.3 is 15.4 Å². The van der Waals surface area contributed by atoms with Crippen molar-refractivity contribution in [3.63, 3.8) is 0 Å². The molecule has 11 heteroatoms. The highest BCUT2D eigenvalue weighted by molar-refractivity contribution is 6.30. The van der Waals surface area contributed by atoms with Gasteiger partial charge in [-0.2, -0.15) is 23.5 Å². The molecule has 34 heavy (non-hydrogen) atoms. The molecule has 0 bridgehead atoms. The van der Waals surface area contributed by atoms with E-state index in [2.05, 4.69) is 31.9 Å². The smallest absolute Gasteiger partial charge is 0.417 e. The Morgan fingerprint density at radius 2 is 1.88 bits per heavy atom. The van der Waals surface area contributed by atoms with Gasteiger partial charge in [-0.3, -0.25) is 5.10 Å². The molecular weight excluding hydrogens is 469 g/mol. The van der Waals surface area contributed by atoms with E-state index in [1.807, 2.05) is 6.07 Å². The zero-order valence-corrected chi connectivity index (χ0v) is 18.1. The van der Waals surface area contributed by atoms with Gasteiger partial charge in [-0.05, 0) is 42.0 Å². The highest BCUT2D eigenvalue weighted by Gasteiger charge is 2.30. The topological polar surface area (TPSA) is 98.7 Å². The Bertz CT molecular complexity index is 1310. The molecule has 0 aliphatic rings. The van der Waals surface area contributed by atoms with Crippen LogP contribution < -0.4 is 15.4 Å². The zero-order valence-electron chi connectivity index (χ0n) is 17.3. The second-order valence-corrected chi connectivity index (χ2v) is 7.49. The molecular formula is C23H16ClF3N6O. The van der Waals surface area contributed by atoms with Crippen LogP contribution >= 0.6 is 11.6 Å². The minimum Gasteiger partial charge on any atom is -0.439 e. The third-order valence-electron chi connectivity index (χ3n) is 4.64. The number of anilines is 3. The Morgan fingerprint density at radius 1 is 1.09 bits per heavy atom. The van der Waals surface area contributed by atoms with Crippen molar-refractivity contribution in [2.75, 3.05) is 10.6 Å². The van der Waals surface area contributed by atoms with E-state index in [0.29, 0.717) is 40.2 Å². The first-order valence-electron chi connectivity index (χ1n) is 9.87. The number of ether oxygens (including phenoxy) is 1. The van der Waals surface area contributed by atoms with Crippen molar-refractivity contribution in [1.29, 1.82) is 5.26 Å². The van der Waals surface area contributed by atoms with Crippen LogP contribution in [0.25, 0.3) is 0 Å². The molecule has 0 aliphatic carbocycles. The normalized spacial score (nSPS) is 11.0. The Balaban J connectivity index is 1.37. The first kappa shape index (κ1) is 22.9. The van der Waals surface area contributed by atoms with Gasteiger partial charge >= 0.3 is 6.18 Å². The number of aromatic nitrogens is 3. The molecule has 4 rings (SSSR count). The van der Waals surface area contributed by atoms with Gasteiger partial charge in [0.2, 0.25) is 5.88 Å². The summed E-state index contributed by atoms with van der Waals surface area (Å²) in [6.07, 6.45) is -3.73. The lowest BCUT2D eigenvalue weighted by Crippen LogP contribution is -2.05. The van der Waals surface area contributed by atoms with Crippen LogP contribution in [-0.4, -0.2) is 15.2 Å². The Hall–Kier alpha value is -4.23. The maximum absolute atomic E-state index is 12.6. The minimum atomic E-state index is -4.45. The molecule has 172 valence electrons. The first-order valence-corrected chi connectivity index (χ1v) is 10.2. The number of aromatic amines is 1. The van der Waals surface area contributed by atoms with Crippen molar-refractivity contribution in [2.45, 2.75) is 12.7 Å². The minimum absolute atomic E-state index is 0.0498. The van der Waals surface area contributed by atoms with Crippen molar-refractivity contribution in [1.82, 2.24) is 15.2 Å². The van der Waals surface area contributed by atoms with Gasteiger partial charge in [-0.25, -0.2) is 4.98 Å². The Kier molecular flexibility index (Phi) is 6.56. The third-order valence-corrected chi connectivity index (χ3v) is 4.88. The Morgan fingerprint density at radius 3 is 2.53 bits per heavy atom. The average Bonchev–Trinajstić information content (AvgIpc) is 3.19. The van der Waals surface area contributed by atoms with Gasteiger partial charge in [0.05, 0.1) is 5.56 Å². The molecule has 0 saturated carbocycles. The SMILES string of the molecule is N#Cc1c(NCc2ccc(Oc3ccc(C(F)(F)F)cn3)cc2)n[nH]c1Nc1cccc(Cl)c1. The summed E-state index contributed by atoms with van der Waals surface area (Å²) < 4.78 is 43.4. The molecule has 0 fully saturated rings. The number of nitrogens with zero attached hydrogens (tertiary/aromatic N) is 3. The highest BCUT2D eigenvalue weighted by atomic mass is 35.5. The summed E-state index contributed by atoms with van der Waals surface area (Å²) in [6, 6.07) is 18.1. The van der Waals surface area contributed by atoms with E-state index >= 15 is 0 Å². The van der Waals surface area contributed by atoms with E-state index < -0.39 is 11.7 Å². The number of benzene rings is 2. The summed E-state index contributed by atoms with van der Waals surface area (Å²) in [6.45, 7) is 0.370. The fraction of sp³-hybridized carbons (Fsp3) is 0.0870. The van der Waals surface area contributed by atoms with Crippen LogP contribution in [-0.2, 0) is 12.7 Å². The van der Waals surface area contributed by atoms with Gasteiger partial charge in [0.25, 0.3) is 0 Å². The molecule has 2 heterocycles. The van der Waals surface area contributed by atoms with Crippen LogP contribution in [0.5, 0.6) is 11.6 Å². The fourth-order valence-corrected chi connectivity index (χ4v) is 3.16. The number of H-pyrrole nitrogens is 1. The molecule has 0 amide bonds. The molecule has 7 nitrogen and oxygen atoms in total. The van der Waals surface area contributed by atoms with Crippen molar-refractivity contribution in [3.05, 3.63) is 88.6 Å². The van der Waals surface area contributed by atoms with Crippen LogP contribution in [0.3, 0.4) is 0 Å². The summed E-state index contributed by atoms with van der Waals surface area (Å²) in [5.74, 6) is 1.27. The quantitative estimate of drug-likeness (QED) is 0.277. The van der Waals surface area contributed by atoms with E-state index in [1.165, 1.54) is 0 Å². The van der Waals surface area contributed by atoms with E-state index in [1.54, 1.807) is 42.5 Å². The number of pyridine rings is 1. The van der Waals surface area contributed by atoms with E-state index in [0.717, 1.165) is 23.9 Å². The number of nitrogens with one attached hydrogen (secondary N) is 3. The molecule has 0 saturated heterocycles. The molecule has 0 spiro atoms. The van der Waals surface area contributed by atoms with Crippen molar-refractivity contribution in [3.8, 4) is 17.7 Å². The maximum atomic E-state index is 12.6. The molecule has 0 unspecified atom stereocenters. The number of hydrogen-bond donors (Lipinski definition) is 3. The highest BCUT2D eigenvalue weighted by Crippen LogP contribution is 2.30. The molecule has 0 radical (unpaired) electrons. The number of rotatable bonds is 7. The number of halogens is 4. The monoisotopic (exact) mass is 484 g/mol. The number of nitriles is 1. The van der Waals surface area contributed by atoms with Gasteiger partial charge in [-0.15, -0.1) is 0 Å². The van der Waals surface area contributed by atoms with Crippen molar-refractivity contribution >= 4 is 28.9 Å². The third kappa shape index (κ3) is 5.57. The van der Waals surface area contributed by atoms with Crippen LogP contribution in [0.4, 0.5) is 30.5 Å². The molecule has 2 aromatic heterocycles. The van der Waals surface area contributed by atoms with Crippen LogP contribution in [0.1, 0.15) is 16.7 Å². The summed E-state index contributed by atoms with van der Waals surface area (Å²) in [5.41, 5.74) is 1.04. The average molecular weight is 485 g/mol. The largest absolute Gasteiger partial charge is 0.439 e. The fourth-order valence-electron chi connectivity index (χ4n) is 2.97. The van der Waals surface area contributed by atoms with E-state index in [9.17, 15) is 18.4 Å². The molecule has 0 aliphatic heterocycles. The second kappa shape index (κ2) is 9.72. The van der Waals surface area contributed by atoms with Crippen molar-refractivity contribution < 1.29 is 17.9 Å². The lowest BCUT2D eigenvalue weighted by molar-refractivity contribution is -0.137. The van der Waals surface area contributed by atoms with Gasteiger partial charge in [0.1, 0.15) is 23.2 Å². The first-order chi connectivity index (χ1) is 16.3. The van der Waals surface area contributed by atoms with E-state index in [-0.39, 0.29) is 5.88 Å². The Labute approximate surface area is 197 Å². The second-order valence-electron chi connectivity index (χ2n) is 7.05. The lowest BCUT2D eigenvalue weighted by Gasteiger charge is -2.09. The maximum Gasteiger partial charge on any atom is 0.417 e. The number of hydrogen-bond acceptors (Lipinski definition) is 6. The molecule has 0 atom stereocenters. The summed E-state index contributed by atoms with van der Waals surface area (Å²) in [4.78, 5) is 3.68. The summed E-state index contributed by atoms with van der Waals surface area (Å²) in [5, 5.41) is 23.2. The molecule has 2 aromatic carbocycles. The van der Waals surface area contributed by atoms with Gasteiger partial charge in [0, 0.05) is 29.5 Å². The molecule has 4 aromatic rings. The number of alkyl halides is 3. The zero-order chi connectivity index (χ0) is 24.1. The van der Waals surface area contributed by atoms with Crippen molar-refractivity contribution in [2.24, 2.45) is 0 Å². The van der Waals surface area contributed by atoms with Crippen LogP contribution in [0.2, 0.25) is 5.02 Å². The van der Waals surface area contributed by atoms with Gasteiger partial charge in [-0.1, -0.05) is 29.8 Å². The standard InChI is InChI=1S/C23H16ClF3N6O/c24-16-2-1-3-17(10-16)31-22-19(11-28)21(32-33-22)30-12-14-4-7-18(8-5-14)34-20-9-6-15(13-29-20)23(25,26)27/h1-10,13H,12H2,(H3,30,31,32,33). The van der Waals surface area contributed by atoms with Crippen LogP contribution in [0.15, 0.2) is 66.9 Å². The predicted octanol–water partition coefficient (Wildman–Crippen LogP) is 6.50. The van der Waals surface area contributed by atoms with Crippen LogP contribution in [0, 0.1) is 11.3 Å². The van der Waals surface area contributed by atoms with E-state index in [4.69, 9.17) is 16.3 Å².